The number of benzene rings is 4. The van der Waals surface area contributed by atoms with Gasteiger partial charge in [-0.05, 0) is 131 Å². The van der Waals surface area contributed by atoms with Crippen molar-refractivity contribution >= 4 is 57.4 Å². The lowest BCUT2D eigenvalue weighted by Gasteiger charge is -2.44. The molecule has 0 atom stereocenters. The van der Waals surface area contributed by atoms with E-state index in [1.54, 1.807) is 0 Å². The lowest BCUT2D eigenvalue weighted by atomic mass is 9.33. The van der Waals surface area contributed by atoms with Crippen molar-refractivity contribution in [3.63, 3.8) is 0 Å². The Morgan fingerprint density at radius 3 is 1.55 bits per heavy atom. The molecule has 4 heteroatoms. The van der Waals surface area contributed by atoms with Crippen LogP contribution < -0.4 is 26.2 Å². The predicted octanol–water partition coefficient (Wildman–Crippen LogP) is 12.3. The maximum atomic E-state index is 5.43. The van der Waals surface area contributed by atoms with Crippen LogP contribution in [0, 0.1) is 0 Å². The van der Waals surface area contributed by atoms with Crippen LogP contribution in [0.1, 0.15) is 151 Å². The topological polar surface area (TPSA) is 19.4 Å². The summed E-state index contributed by atoms with van der Waals surface area (Å²) in [5, 5.41) is 0. The van der Waals surface area contributed by atoms with Gasteiger partial charge in [-0.3, -0.25) is 4.90 Å². The molecule has 1 aromatic heterocycles. The van der Waals surface area contributed by atoms with E-state index in [1.807, 2.05) is 6.20 Å². The molecule has 290 valence electrons. The highest BCUT2D eigenvalue weighted by molar-refractivity contribution is 7.00. The lowest BCUT2D eigenvalue weighted by molar-refractivity contribution is 0.403. The number of aromatic nitrogens is 1. The fourth-order valence-electron chi connectivity index (χ4n) is 9.98. The van der Waals surface area contributed by atoms with Gasteiger partial charge in [0.2, 0.25) is 0 Å². The van der Waals surface area contributed by atoms with Crippen LogP contribution in [0.3, 0.4) is 0 Å². The maximum Gasteiger partial charge on any atom is 0.254 e. The van der Waals surface area contributed by atoms with Gasteiger partial charge in [0.15, 0.2) is 0 Å². The van der Waals surface area contributed by atoms with Gasteiger partial charge in [0.25, 0.3) is 6.71 Å². The second-order valence-corrected chi connectivity index (χ2v) is 22.7. The zero-order valence-electron chi connectivity index (χ0n) is 37.2. The molecule has 1 aliphatic carbocycles. The molecule has 4 aromatic carbocycles. The lowest BCUT2D eigenvalue weighted by Crippen LogP contribution is -2.62. The van der Waals surface area contributed by atoms with Gasteiger partial charge in [-0.25, -0.2) is 4.98 Å². The van der Waals surface area contributed by atoms with Gasteiger partial charge >= 0.3 is 0 Å². The van der Waals surface area contributed by atoms with E-state index in [9.17, 15) is 0 Å². The van der Waals surface area contributed by atoms with Crippen LogP contribution in [0.4, 0.5) is 34.3 Å². The van der Waals surface area contributed by atoms with Gasteiger partial charge in [0.1, 0.15) is 5.82 Å². The Morgan fingerprint density at radius 2 is 1.00 bits per heavy atom. The molecule has 0 saturated heterocycles. The Morgan fingerprint density at radius 1 is 0.482 bits per heavy atom. The minimum atomic E-state index is -0.0248. The molecule has 0 N–H and O–H groups in total. The smallest absolute Gasteiger partial charge is 0.254 e. The Balaban J connectivity index is 1.50. The van der Waals surface area contributed by atoms with E-state index in [0.717, 1.165) is 12.2 Å². The van der Waals surface area contributed by atoms with Crippen LogP contribution in [-0.4, -0.2) is 11.7 Å². The van der Waals surface area contributed by atoms with E-state index >= 15 is 0 Å². The van der Waals surface area contributed by atoms with Crippen molar-refractivity contribution < 1.29 is 0 Å². The van der Waals surface area contributed by atoms with E-state index in [0.29, 0.717) is 0 Å². The molecular weight excluding hydrogens is 677 g/mol. The van der Waals surface area contributed by atoms with E-state index in [1.165, 1.54) is 78.2 Å². The van der Waals surface area contributed by atoms with Crippen molar-refractivity contribution in [1.29, 1.82) is 0 Å². The maximum absolute atomic E-state index is 5.43. The number of hydrogen-bond donors (Lipinski definition) is 0. The fraction of sp³-hybridized carbons (Fsp3) is 0.442. The van der Waals surface area contributed by atoms with Crippen LogP contribution in [0.2, 0.25) is 0 Å². The molecule has 0 saturated carbocycles. The molecule has 3 aliphatic rings. The standard InChI is InChI=1S/C52H64BN3/c1-47(2,3)32-17-20-36(21-18-32)55-42-22-19-33(48(4,5)6)28-40(42)53-41-29-38-39(52(15,16)31-51(38,13)14)30-44(41)56(46-45(53)43(55)23-24-54-46)37-26-34(49(7,8)9)25-35(27-37)50(10,11)12/h17-30H,31H2,1-16H3. The molecule has 56 heavy (non-hydrogen) atoms. The zero-order chi connectivity index (χ0) is 40.7. The van der Waals surface area contributed by atoms with Crippen LogP contribution in [-0.2, 0) is 32.5 Å². The van der Waals surface area contributed by atoms with Crippen molar-refractivity contribution in [2.45, 2.75) is 150 Å². The number of hydrogen-bond acceptors (Lipinski definition) is 3. The van der Waals surface area contributed by atoms with Gasteiger partial charge < -0.3 is 4.90 Å². The monoisotopic (exact) mass is 742 g/mol. The third kappa shape index (κ3) is 6.13. The summed E-state index contributed by atoms with van der Waals surface area (Å²) >= 11 is 0. The quantitative estimate of drug-likeness (QED) is 0.165. The first-order chi connectivity index (χ1) is 25.8. The first-order valence-electron chi connectivity index (χ1n) is 21.0. The summed E-state index contributed by atoms with van der Waals surface area (Å²) in [5.74, 6) is 1.03. The third-order valence-corrected chi connectivity index (χ3v) is 13.1. The fourth-order valence-corrected chi connectivity index (χ4v) is 9.98. The predicted molar refractivity (Wildman–Crippen MR) is 244 cm³/mol. The largest absolute Gasteiger partial charge is 0.311 e. The Bertz CT molecular complexity index is 2350. The molecule has 5 aromatic rings. The zero-order valence-corrected chi connectivity index (χ0v) is 37.2. The molecule has 0 spiro atoms. The summed E-state index contributed by atoms with van der Waals surface area (Å²) in [6.07, 6.45) is 3.17. The minimum Gasteiger partial charge on any atom is -0.311 e. The summed E-state index contributed by atoms with van der Waals surface area (Å²) in [7, 11) is 0. The van der Waals surface area contributed by atoms with Crippen molar-refractivity contribution in [3.8, 4) is 0 Å². The van der Waals surface area contributed by atoms with Gasteiger partial charge in [0, 0.05) is 34.6 Å². The van der Waals surface area contributed by atoms with Crippen LogP contribution in [0.5, 0.6) is 0 Å². The van der Waals surface area contributed by atoms with Crippen molar-refractivity contribution in [3.05, 3.63) is 118 Å². The summed E-state index contributed by atoms with van der Waals surface area (Å²) in [4.78, 5) is 10.5. The summed E-state index contributed by atoms with van der Waals surface area (Å²) in [6, 6.07) is 31.3. The average Bonchev–Trinajstić information content (AvgIpc) is 3.27. The molecule has 0 radical (unpaired) electrons. The highest BCUT2D eigenvalue weighted by Crippen LogP contribution is 2.52. The molecule has 0 bridgehead atoms. The molecule has 2 aliphatic heterocycles. The van der Waals surface area contributed by atoms with Crippen molar-refractivity contribution in [2.75, 3.05) is 9.80 Å². The molecule has 0 fully saturated rings. The third-order valence-electron chi connectivity index (χ3n) is 13.1. The second-order valence-electron chi connectivity index (χ2n) is 22.7. The van der Waals surface area contributed by atoms with Gasteiger partial charge in [-0.2, -0.15) is 0 Å². The van der Waals surface area contributed by atoms with Crippen LogP contribution in [0.15, 0.2) is 85.1 Å². The normalized spacial score (nSPS) is 17.0. The first kappa shape index (κ1) is 38.6. The highest BCUT2D eigenvalue weighted by Gasteiger charge is 2.48. The van der Waals surface area contributed by atoms with E-state index in [4.69, 9.17) is 4.98 Å². The number of pyridine rings is 1. The van der Waals surface area contributed by atoms with E-state index in [-0.39, 0.29) is 39.2 Å². The molecule has 3 nitrogen and oxygen atoms in total. The molecular formula is C52H64BN3. The number of nitrogens with zero attached hydrogens (tertiary/aromatic N) is 3. The second kappa shape index (κ2) is 12.1. The van der Waals surface area contributed by atoms with Gasteiger partial charge in [-0.1, -0.05) is 147 Å². The average molecular weight is 742 g/mol. The number of rotatable bonds is 2. The highest BCUT2D eigenvalue weighted by atomic mass is 15.2. The SMILES string of the molecule is CC(C)(C)c1ccc(N2c3ccc(C(C)(C)C)cc3B3c4cc5c(cc4N(c4cc(C(C)(C)C)cc(C(C)(C)C)c4)c4nccc2c43)C(C)(C)CC5(C)C)cc1. The summed E-state index contributed by atoms with van der Waals surface area (Å²) < 4.78 is 0. The Hall–Kier alpha value is -4.31. The molecule has 0 amide bonds. The Labute approximate surface area is 339 Å². The minimum absolute atomic E-state index is 0.00348. The van der Waals surface area contributed by atoms with Gasteiger partial charge in [0.05, 0.1) is 0 Å². The molecule has 3 heterocycles. The van der Waals surface area contributed by atoms with Crippen LogP contribution >= 0.6 is 0 Å². The molecule has 8 rings (SSSR count). The van der Waals surface area contributed by atoms with E-state index in [2.05, 4.69) is 199 Å². The Kier molecular flexibility index (Phi) is 8.34. The van der Waals surface area contributed by atoms with Crippen molar-refractivity contribution in [1.82, 2.24) is 4.98 Å². The number of fused-ring (bicyclic) bond motifs is 5. The molecule has 0 unspecified atom stereocenters. The summed E-state index contributed by atoms with van der Waals surface area (Å²) in [6.45, 7) is 37.7. The first-order valence-corrected chi connectivity index (χ1v) is 21.0. The van der Waals surface area contributed by atoms with E-state index < -0.39 is 0 Å². The van der Waals surface area contributed by atoms with Gasteiger partial charge in [-0.15, -0.1) is 0 Å². The van der Waals surface area contributed by atoms with Crippen LogP contribution in [0.25, 0.3) is 0 Å². The number of anilines is 6. The summed E-state index contributed by atoms with van der Waals surface area (Å²) in [5.41, 5.74) is 18.6. The van der Waals surface area contributed by atoms with Crippen molar-refractivity contribution in [2.24, 2.45) is 0 Å².